The van der Waals surface area contributed by atoms with Gasteiger partial charge in [-0.3, -0.25) is 4.90 Å². The zero-order valence-electron chi connectivity index (χ0n) is 10.8. The Kier molecular flexibility index (Phi) is 4.57. The van der Waals surface area contributed by atoms with Gasteiger partial charge < -0.3 is 5.73 Å². The molecule has 0 heterocycles. The first-order valence-corrected chi connectivity index (χ1v) is 6.77. The third kappa shape index (κ3) is 3.55. The van der Waals surface area contributed by atoms with Gasteiger partial charge in [0, 0.05) is 12.6 Å². The molecule has 1 saturated carbocycles. The maximum Gasteiger partial charge on any atom is 0.0236 e. The average molecular weight is 232 g/mol. The topological polar surface area (TPSA) is 29.3 Å². The van der Waals surface area contributed by atoms with E-state index in [-0.39, 0.29) is 0 Å². The maximum atomic E-state index is 5.63. The van der Waals surface area contributed by atoms with Gasteiger partial charge in [-0.15, -0.1) is 0 Å². The van der Waals surface area contributed by atoms with E-state index in [4.69, 9.17) is 5.73 Å². The van der Waals surface area contributed by atoms with Crippen LogP contribution in [0.5, 0.6) is 0 Å². The first-order valence-electron chi connectivity index (χ1n) is 6.77. The Morgan fingerprint density at radius 2 is 1.94 bits per heavy atom. The van der Waals surface area contributed by atoms with Gasteiger partial charge in [0.1, 0.15) is 0 Å². The van der Waals surface area contributed by atoms with E-state index in [2.05, 4.69) is 42.2 Å². The molecule has 94 valence electrons. The summed E-state index contributed by atoms with van der Waals surface area (Å²) in [4.78, 5) is 2.61. The molecule has 1 aromatic rings. The molecular weight excluding hydrogens is 208 g/mol. The number of hydrogen-bond donors (Lipinski definition) is 1. The van der Waals surface area contributed by atoms with Crippen molar-refractivity contribution in [1.29, 1.82) is 0 Å². The Morgan fingerprint density at radius 3 is 2.53 bits per heavy atom. The number of nitrogens with two attached hydrogens (primary N) is 1. The fraction of sp³-hybridized carbons (Fsp3) is 0.600. The van der Waals surface area contributed by atoms with Gasteiger partial charge in [-0.1, -0.05) is 37.3 Å². The summed E-state index contributed by atoms with van der Waals surface area (Å²) in [5.41, 5.74) is 7.05. The molecule has 1 fully saturated rings. The van der Waals surface area contributed by atoms with Crippen LogP contribution in [-0.4, -0.2) is 24.0 Å². The molecule has 2 N–H and O–H groups in total. The molecule has 2 nitrogen and oxygen atoms in total. The van der Waals surface area contributed by atoms with E-state index in [1.54, 1.807) is 0 Å². The Bertz CT molecular complexity index is 317. The van der Waals surface area contributed by atoms with Crippen LogP contribution < -0.4 is 5.73 Å². The van der Waals surface area contributed by atoms with Gasteiger partial charge in [-0.25, -0.2) is 0 Å². The minimum atomic E-state index is 0.789. The van der Waals surface area contributed by atoms with Crippen LogP contribution in [0.25, 0.3) is 0 Å². The van der Waals surface area contributed by atoms with E-state index in [1.807, 2.05) is 0 Å². The summed E-state index contributed by atoms with van der Waals surface area (Å²) < 4.78 is 0. The van der Waals surface area contributed by atoms with Crippen LogP contribution >= 0.6 is 0 Å². The lowest BCUT2D eigenvalue weighted by Gasteiger charge is -2.42. The van der Waals surface area contributed by atoms with Gasteiger partial charge in [0.2, 0.25) is 0 Å². The van der Waals surface area contributed by atoms with Gasteiger partial charge in [-0.2, -0.15) is 0 Å². The lowest BCUT2D eigenvalue weighted by atomic mass is 9.80. The number of benzene rings is 1. The van der Waals surface area contributed by atoms with Crippen molar-refractivity contribution in [2.45, 2.75) is 38.8 Å². The highest BCUT2D eigenvalue weighted by Gasteiger charge is 2.30. The molecule has 1 aliphatic carbocycles. The van der Waals surface area contributed by atoms with Crippen LogP contribution in [0, 0.1) is 5.92 Å². The van der Waals surface area contributed by atoms with Gasteiger partial charge in [0.05, 0.1) is 0 Å². The molecule has 2 rings (SSSR count). The molecule has 0 bridgehead atoms. The van der Waals surface area contributed by atoms with Crippen molar-refractivity contribution in [2.24, 2.45) is 11.7 Å². The second-order valence-electron chi connectivity index (χ2n) is 5.33. The van der Waals surface area contributed by atoms with E-state index in [9.17, 15) is 0 Å². The van der Waals surface area contributed by atoms with Crippen molar-refractivity contribution in [2.75, 3.05) is 13.1 Å². The molecular formula is C15H24N2. The van der Waals surface area contributed by atoms with Crippen molar-refractivity contribution in [1.82, 2.24) is 4.90 Å². The first-order chi connectivity index (χ1) is 8.29. The molecule has 0 radical (unpaired) electrons. The lowest BCUT2D eigenvalue weighted by Crippen LogP contribution is -2.44. The predicted octanol–water partition coefficient (Wildman–Crippen LogP) is 2.64. The van der Waals surface area contributed by atoms with Gasteiger partial charge in [-0.05, 0) is 43.8 Å². The normalized spacial score (nSPS) is 23.7. The van der Waals surface area contributed by atoms with Crippen molar-refractivity contribution in [3.05, 3.63) is 35.9 Å². The van der Waals surface area contributed by atoms with Crippen LogP contribution in [0.4, 0.5) is 0 Å². The van der Waals surface area contributed by atoms with E-state index in [1.165, 1.54) is 18.4 Å². The van der Waals surface area contributed by atoms with E-state index < -0.39 is 0 Å². The third-order valence-electron chi connectivity index (χ3n) is 3.74. The molecule has 0 aromatic heterocycles. The minimum Gasteiger partial charge on any atom is -0.330 e. The van der Waals surface area contributed by atoms with Crippen molar-refractivity contribution < 1.29 is 0 Å². The predicted molar refractivity (Wildman–Crippen MR) is 72.7 cm³/mol. The Labute approximate surface area is 105 Å². The van der Waals surface area contributed by atoms with Gasteiger partial charge in [0.25, 0.3) is 0 Å². The van der Waals surface area contributed by atoms with Crippen molar-refractivity contribution >= 4 is 0 Å². The molecule has 1 aromatic carbocycles. The molecule has 0 amide bonds. The summed E-state index contributed by atoms with van der Waals surface area (Å²) >= 11 is 0. The summed E-state index contributed by atoms with van der Waals surface area (Å²) in [6, 6.07) is 11.6. The fourth-order valence-corrected chi connectivity index (χ4v) is 2.66. The molecule has 0 spiro atoms. The highest BCUT2D eigenvalue weighted by atomic mass is 15.2. The molecule has 2 heteroatoms. The molecule has 0 saturated heterocycles. The van der Waals surface area contributed by atoms with Crippen LogP contribution in [0.3, 0.4) is 0 Å². The quantitative estimate of drug-likeness (QED) is 0.817. The summed E-state index contributed by atoms with van der Waals surface area (Å²) in [6.07, 6.45) is 3.83. The zero-order chi connectivity index (χ0) is 12.1. The summed E-state index contributed by atoms with van der Waals surface area (Å²) in [5, 5.41) is 0. The van der Waals surface area contributed by atoms with Crippen molar-refractivity contribution in [3.63, 3.8) is 0 Å². The van der Waals surface area contributed by atoms with Gasteiger partial charge in [0.15, 0.2) is 0 Å². The molecule has 0 atom stereocenters. The largest absolute Gasteiger partial charge is 0.330 e. The second kappa shape index (κ2) is 6.18. The highest BCUT2D eigenvalue weighted by molar-refractivity contribution is 5.14. The number of nitrogens with zero attached hydrogens (tertiary/aromatic N) is 1. The standard InChI is InChI=1S/C15H24N2/c1-13-10-15(11-13)17(9-5-8-16)12-14-6-3-2-4-7-14/h2-4,6-7,13,15H,5,8-12,16H2,1H3. The van der Waals surface area contributed by atoms with E-state index >= 15 is 0 Å². The number of hydrogen-bond acceptors (Lipinski definition) is 2. The lowest BCUT2D eigenvalue weighted by molar-refractivity contribution is 0.0788. The second-order valence-corrected chi connectivity index (χ2v) is 5.33. The molecule has 0 unspecified atom stereocenters. The fourth-order valence-electron chi connectivity index (χ4n) is 2.66. The summed E-state index contributed by atoms with van der Waals surface area (Å²) in [5.74, 6) is 0.913. The monoisotopic (exact) mass is 232 g/mol. The summed E-state index contributed by atoms with van der Waals surface area (Å²) in [6.45, 7) is 5.37. The van der Waals surface area contributed by atoms with Crippen LogP contribution in [0.15, 0.2) is 30.3 Å². The van der Waals surface area contributed by atoms with Crippen LogP contribution in [0.1, 0.15) is 31.7 Å². The Hall–Kier alpha value is -0.860. The Morgan fingerprint density at radius 1 is 1.24 bits per heavy atom. The minimum absolute atomic E-state index is 0.789. The molecule has 0 aliphatic heterocycles. The molecule has 1 aliphatic rings. The van der Waals surface area contributed by atoms with Crippen molar-refractivity contribution in [3.8, 4) is 0 Å². The smallest absolute Gasteiger partial charge is 0.0236 e. The number of rotatable bonds is 6. The Balaban J connectivity index is 1.91. The van der Waals surface area contributed by atoms with E-state index in [0.29, 0.717) is 0 Å². The third-order valence-corrected chi connectivity index (χ3v) is 3.74. The maximum absolute atomic E-state index is 5.63. The van der Waals surface area contributed by atoms with Crippen LogP contribution in [0.2, 0.25) is 0 Å². The first kappa shape index (κ1) is 12.6. The van der Waals surface area contributed by atoms with E-state index in [0.717, 1.165) is 38.0 Å². The average Bonchev–Trinajstić information content (AvgIpc) is 2.32. The molecule has 17 heavy (non-hydrogen) atoms. The summed E-state index contributed by atoms with van der Waals surface area (Å²) in [7, 11) is 0. The zero-order valence-corrected chi connectivity index (χ0v) is 10.8. The highest BCUT2D eigenvalue weighted by Crippen LogP contribution is 2.32. The SMILES string of the molecule is CC1CC(N(CCCN)Cc2ccccc2)C1. The van der Waals surface area contributed by atoms with Gasteiger partial charge >= 0.3 is 0 Å². The van der Waals surface area contributed by atoms with Crippen LogP contribution in [-0.2, 0) is 6.54 Å².